The molecule has 8 nitrogen and oxygen atoms in total. The second kappa shape index (κ2) is 11.2. The fourth-order valence-electron chi connectivity index (χ4n) is 3.56. The summed E-state index contributed by atoms with van der Waals surface area (Å²) in [4.78, 5) is 11.2. The van der Waals surface area contributed by atoms with Gasteiger partial charge in [0, 0.05) is 67.5 Å². The molecular weight excluding hydrogens is 452 g/mol. The summed E-state index contributed by atoms with van der Waals surface area (Å²) in [6.45, 7) is 5.10. The molecule has 180 valence electrons. The zero-order valence-corrected chi connectivity index (χ0v) is 20.0. The summed E-state index contributed by atoms with van der Waals surface area (Å²) >= 11 is 0. The van der Waals surface area contributed by atoms with Gasteiger partial charge in [-0.1, -0.05) is 13.8 Å². The zero-order chi connectivity index (χ0) is 28.4. The molecule has 0 aliphatic heterocycles. The molecule has 2 aromatic carbocycles. The van der Waals surface area contributed by atoms with Gasteiger partial charge in [0.15, 0.2) is 0 Å². The number of rotatable bonds is 9. The molecule has 0 aliphatic rings. The van der Waals surface area contributed by atoms with Crippen LogP contribution in [-0.2, 0) is 7.05 Å². The fourth-order valence-corrected chi connectivity index (χ4v) is 3.56. The van der Waals surface area contributed by atoms with Crippen LogP contribution in [0.1, 0.15) is 22.1 Å². The lowest BCUT2D eigenvalue weighted by atomic mass is 10.2. The second-order valence-corrected chi connectivity index (χ2v) is 7.96. The van der Waals surface area contributed by atoms with Crippen molar-refractivity contribution < 1.29 is 17.7 Å². The predicted molar refractivity (Wildman–Crippen MR) is 139 cm³/mol. The highest BCUT2D eigenvalue weighted by Crippen LogP contribution is 2.34. The van der Waals surface area contributed by atoms with Gasteiger partial charge in [-0.25, -0.2) is 4.98 Å². The quantitative estimate of drug-likeness (QED) is 0.368. The molecule has 2 aromatic heterocycles. The van der Waals surface area contributed by atoms with Crippen LogP contribution in [0.3, 0.4) is 0 Å². The number of methoxy groups -OCH3 is 2. The smallest absolute Gasteiger partial charge is 0.124 e. The number of fused-ring (bicyclic) bond motifs is 1. The maximum absolute atomic E-state index is 7.52. The van der Waals surface area contributed by atoms with E-state index in [4.69, 9.17) is 22.7 Å². The topological polar surface area (TPSA) is 77.3 Å². The van der Waals surface area contributed by atoms with Crippen molar-refractivity contribution in [3.8, 4) is 22.8 Å². The maximum atomic E-state index is 7.52. The lowest BCUT2D eigenvalue weighted by Crippen LogP contribution is -2.32. The van der Waals surface area contributed by atoms with Crippen molar-refractivity contribution in [2.24, 2.45) is 7.05 Å². The fraction of sp³-hybridized carbons (Fsp3) is 0.320. The van der Waals surface area contributed by atoms with Gasteiger partial charge in [-0.2, -0.15) is 5.10 Å². The summed E-state index contributed by atoms with van der Waals surface area (Å²) < 4.78 is 57.0. The number of halogens is 1. The number of anilines is 2. The first-order valence-electron chi connectivity index (χ1n) is 13.6. The number of ether oxygens (including phenoxy) is 2. The second-order valence-electron chi connectivity index (χ2n) is 7.96. The molecule has 34 heavy (non-hydrogen) atoms. The number of nitrogens with one attached hydrogen (secondary N) is 1. The Bertz CT molecular complexity index is 1410. The van der Waals surface area contributed by atoms with E-state index in [2.05, 4.69) is 15.4 Å². The van der Waals surface area contributed by atoms with Crippen LogP contribution in [0.4, 0.5) is 11.4 Å². The van der Waals surface area contributed by atoms with Crippen LogP contribution in [0.2, 0.25) is 0 Å². The van der Waals surface area contributed by atoms with Crippen LogP contribution in [-0.4, -0.2) is 53.0 Å². The number of aryl methyl sites for hydroxylation is 1. The Labute approximate surface area is 214 Å². The van der Waals surface area contributed by atoms with Gasteiger partial charge in [-0.3, -0.25) is 9.67 Å². The standard InChI is InChI=1S/C25H30N6O2.ClH/c1-17(2)26-8-9-31(20-10-21(32-4)13-22(11-20)33-5)19-6-7-23-24(12-19)29-25(15-27-23)18-14-28-30(3)16-18;/h6-7,10-17,26H,8-9H2,1-5H3;1H/i4D3,5D3;. The van der Waals surface area contributed by atoms with E-state index in [1.165, 1.54) is 18.2 Å². The van der Waals surface area contributed by atoms with Gasteiger partial charge >= 0.3 is 0 Å². The molecule has 0 radical (unpaired) electrons. The molecule has 0 amide bonds. The van der Waals surface area contributed by atoms with Crippen LogP contribution in [0.15, 0.2) is 55.0 Å². The molecule has 4 rings (SSSR count). The summed E-state index contributed by atoms with van der Waals surface area (Å²) in [5.41, 5.74) is 4.05. The maximum Gasteiger partial charge on any atom is 0.124 e. The minimum absolute atomic E-state index is 0. The molecule has 0 spiro atoms. The van der Waals surface area contributed by atoms with E-state index < -0.39 is 14.1 Å². The van der Waals surface area contributed by atoms with Gasteiger partial charge in [0.1, 0.15) is 11.5 Å². The molecule has 2 heterocycles. The minimum Gasteiger partial charge on any atom is -0.497 e. The van der Waals surface area contributed by atoms with E-state index in [1.54, 1.807) is 17.1 Å². The van der Waals surface area contributed by atoms with E-state index in [-0.39, 0.29) is 29.9 Å². The van der Waals surface area contributed by atoms with Crippen molar-refractivity contribution in [3.63, 3.8) is 0 Å². The average Bonchev–Trinajstić information content (AvgIpc) is 3.25. The van der Waals surface area contributed by atoms with Crippen molar-refractivity contribution >= 4 is 34.8 Å². The summed E-state index contributed by atoms with van der Waals surface area (Å²) in [6.07, 6.45) is 5.26. The van der Waals surface area contributed by atoms with Crippen LogP contribution < -0.4 is 19.7 Å². The first kappa shape index (κ1) is 18.0. The van der Waals surface area contributed by atoms with Gasteiger partial charge < -0.3 is 19.7 Å². The van der Waals surface area contributed by atoms with Gasteiger partial charge in [-0.05, 0) is 18.2 Å². The van der Waals surface area contributed by atoms with Gasteiger partial charge in [0.25, 0.3) is 0 Å². The number of benzene rings is 2. The molecule has 0 saturated carbocycles. The molecule has 9 heteroatoms. The van der Waals surface area contributed by atoms with Crippen molar-refractivity contribution in [1.29, 1.82) is 0 Å². The molecule has 0 bridgehead atoms. The molecule has 0 unspecified atom stereocenters. The van der Waals surface area contributed by atoms with Crippen molar-refractivity contribution in [1.82, 2.24) is 25.1 Å². The zero-order valence-electron chi connectivity index (χ0n) is 25.1. The largest absolute Gasteiger partial charge is 0.497 e. The molecular formula is C25H31ClN6O2. The van der Waals surface area contributed by atoms with Gasteiger partial charge in [-0.15, -0.1) is 12.4 Å². The summed E-state index contributed by atoms with van der Waals surface area (Å²) in [5.74, 6) is -0.0963. The third-order valence-corrected chi connectivity index (χ3v) is 5.14. The first-order chi connectivity index (χ1) is 18.3. The molecule has 0 saturated heterocycles. The summed E-state index contributed by atoms with van der Waals surface area (Å²) in [7, 11) is -3.64. The van der Waals surface area contributed by atoms with Crippen LogP contribution >= 0.6 is 12.4 Å². The molecule has 0 aliphatic carbocycles. The van der Waals surface area contributed by atoms with E-state index in [0.717, 1.165) is 11.3 Å². The number of hydrogen-bond donors (Lipinski definition) is 1. The van der Waals surface area contributed by atoms with E-state index >= 15 is 0 Å². The highest BCUT2D eigenvalue weighted by Gasteiger charge is 2.14. The lowest BCUT2D eigenvalue weighted by Gasteiger charge is -2.27. The van der Waals surface area contributed by atoms with Gasteiger partial charge in [0.05, 0.1) is 51.4 Å². The number of aromatic nitrogens is 4. The molecule has 4 aromatic rings. The lowest BCUT2D eigenvalue weighted by molar-refractivity contribution is 0.394. The predicted octanol–water partition coefficient (Wildman–Crippen LogP) is 4.61. The molecule has 1 N–H and O–H groups in total. The van der Waals surface area contributed by atoms with Crippen molar-refractivity contribution in [3.05, 3.63) is 55.0 Å². The van der Waals surface area contributed by atoms with Crippen molar-refractivity contribution in [2.75, 3.05) is 32.1 Å². The first-order valence-corrected chi connectivity index (χ1v) is 10.6. The van der Waals surface area contributed by atoms with Crippen LogP contribution in [0.25, 0.3) is 22.3 Å². The third-order valence-electron chi connectivity index (χ3n) is 5.14. The SMILES string of the molecule is Cl.[2H]C([2H])([2H])Oc1cc(OC([2H])([2H])[2H])cc(N(CCNC(C)C)c2ccc3ncc(-c4cnn(C)c4)nc3c2)c1. The Hall–Kier alpha value is -3.36. The normalized spacial score (nSPS) is 14.2. The van der Waals surface area contributed by atoms with Crippen LogP contribution in [0.5, 0.6) is 11.5 Å². The van der Waals surface area contributed by atoms with Crippen molar-refractivity contribution in [2.45, 2.75) is 19.9 Å². The van der Waals surface area contributed by atoms with E-state index in [1.807, 2.05) is 50.2 Å². The average molecular weight is 489 g/mol. The Morgan fingerprint density at radius 2 is 1.79 bits per heavy atom. The highest BCUT2D eigenvalue weighted by molar-refractivity contribution is 5.85. The number of nitrogens with zero attached hydrogens (tertiary/aromatic N) is 5. The van der Waals surface area contributed by atoms with E-state index in [9.17, 15) is 0 Å². The minimum atomic E-state index is -2.73. The Balaban J connectivity index is 0.00000441. The highest BCUT2D eigenvalue weighted by atomic mass is 35.5. The third kappa shape index (κ3) is 5.76. The Kier molecular flexibility index (Phi) is 5.93. The monoisotopic (exact) mass is 488 g/mol. The number of hydrogen-bond acceptors (Lipinski definition) is 7. The Morgan fingerprint density at radius 3 is 2.44 bits per heavy atom. The Morgan fingerprint density at radius 1 is 1.03 bits per heavy atom. The molecule has 0 atom stereocenters. The van der Waals surface area contributed by atoms with E-state index in [0.29, 0.717) is 35.5 Å². The van der Waals surface area contributed by atoms with Crippen LogP contribution in [0, 0.1) is 0 Å². The summed E-state index contributed by atoms with van der Waals surface area (Å²) in [6, 6.07) is 10.1. The van der Waals surface area contributed by atoms with Gasteiger partial charge in [0.2, 0.25) is 0 Å². The summed E-state index contributed by atoms with van der Waals surface area (Å²) in [5, 5.41) is 7.57. The molecule has 0 fully saturated rings.